The smallest absolute Gasteiger partial charge is 0.289 e. The second kappa shape index (κ2) is 11.6. The lowest BCUT2D eigenvalue weighted by atomic mass is 10.3. The number of carbonyl (C=O) groups excluding carboxylic acids is 1. The maximum Gasteiger partial charge on any atom is 0.289 e. The summed E-state index contributed by atoms with van der Waals surface area (Å²) in [5.74, 6) is 0.567. The number of benzene rings is 2. The third kappa shape index (κ3) is 6.41. The zero-order chi connectivity index (χ0) is 24.8. The van der Waals surface area contributed by atoms with Crippen molar-refractivity contribution in [3.8, 4) is 5.75 Å². The van der Waals surface area contributed by atoms with Crippen LogP contribution in [0.3, 0.4) is 0 Å². The van der Waals surface area contributed by atoms with Gasteiger partial charge in [-0.15, -0.1) is 16.8 Å². The molecule has 1 heterocycles. The summed E-state index contributed by atoms with van der Waals surface area (Å²) >= 11 is 19.1. The normalized spacial score (nSPS) is 11.6. The van der Waals surface area contributed by atoms with Gasteiger partial charge in [-0.1, -0.05) is 52.6 Å². The fourth-order valence-electron chi connectivity index (χ4n) is 2.88. The van der Waals surface area contributed by atoms with E-state index in [4.69, 9.17) is 39.5 Å². The van der Waals surface area contributed by atoms with Crippen LogP contribution in [0.15, 0.2) is 54.2 Å². The van der Waals surface area contributed by atoms with E-state index in [1.54, 1.807) is 35.8 Å². The fraction of sp³-hybridized carbons (Fsp3) is 0.190. The zero-order valence-corrected chi connectivity index (χ0v) is 20.8. The Morgan fingerprint density at radius 3 is 2.71 bits per heavy atom. The summed E-state index contributed by atoms with van der Waals surface area (Å²) < 4.78 is 7.70. The molecule has 1 aromatic heterocycles. The van der Waals surface area contributed by atoms with Crippen molar-refractivity contribution in [1.29, 1.82) is 0 Å². The van der Waals surface area contributed by atoms with Crippen LogP contribution in [0, 0.1) is 10.1 Å². The SMILES string of the molecule is C=CCn1c(SCC(=O)Nc2ccc(Cl)c([N+](=O)[O-])c2)nnc1C(C)Oc1ccc(Cl)cc1Cl. The topological polar surface area (TPSA) is 112 Å². The minimum absolute atomic E-state index is 0.00997. The monoisotopic (exact) mass is 541 g/mol. The Morgan fingerprint density at radius 2 is 2.03 bits per heavy atom. The number of thioether (sulfide) groups is 1. The number of carbonyl (C=O) groups is 1. The van der Waals surface area contributed by atoms with E-state index in [0.717, 1.165) is 11.8 Å². The zero-order valence-electron chi connectivity index (χ0n) is 17.7. The first-order valence-corrected chi connectivity index (χ1v) is 11.8. The number of nitrogens with one attached hydrogen (secondary N) is 1. The van der Waals surface area contributed by atoms with Gasteiger partial charge in [-0.25, -0.2) is 0 Å². The standard InChI is InChI=1S/C21H18Cl3N5O4S/c1-3-8-28-20(12(2)33-18-7-4-13(22)9-16(18)24)26-27-21(28)34-11-19(30)25-14-5-6-15(23)17(10-14)29(31)32/h3-7,9-10,12H,1,8,11H2,2H3,(H,25,30). The van der Waals surface area contributed by atoms with Crippen molar-refractivity contribution in [1.82, 2.24) is 14.8 Å². The Hall–Kier alpha value is -2.79. The molecule has 0 radical (unpaired) electrons. The first kappa shape index (κ1) is 25.8. The van der Waals surface area contributed by atoms with Gasteiger partial charge in [-0.3, -0.25) is 19.5 Å². The summed E-state index contributed by atoms with van der Waals surface area (Å²) in [5, 5.41) is 23.3. The number of allylic oxidation sites excluding steroid dienone is 1. The third-order valence-electron chi connectivity index (χ3n) is 4.38. The number of rotatable bonds is 10. The van der Waals surface area contributed by atoms with Gasteiger partial charge in [0.1, 0.15) is 10.8 Å². The highest BCUT2D eigenvalue weighted by Crippen LogP contribution is 2.32. The van der Waals surface area contributed by atoms with E-state index < -0.39 is 11.0 Å². The molecule has 0 saturated heterocycles. The van der Waals surface area contributed by atoms with Gasteiger partial charge in [-0.05, 0) is 37.3 Å². The molecule has 1 amide bonds. The van der Waals surface area contributed by atoms with Crippen LogP contribution >= 0.6 is 46.6 Å². The van der Waals surface area contributed by atoms with E-state index in [1.165, 1.54) is 18.2 Å². The van der Waals surface area contributed by atoms with E-state index in [9.17, 15) is 14.9 Å². The van der Waals surface area contributed by atoms with Crippen LogP contribution in [0.25, 0.3) is 0 Å². The van der Waals surface area contributed by atoms with E-state index in [2.05, 4.69) is 22.1 Å². The number of nitro groups is 1. The quantitative estimate of drug-likeness (QED) is 0.140. The van der Waals surface area contributed by atoms with Gasteiger partial charge < -0.3 is 10.1 Å². The van der Waals surface area contributed by atoms with Gasteiger partial charge in [0.2, 0.25) is 5.91 Å². The molecule has 3 rings (SSSR count). The van der Waals surface area contributed by atoms with E-state index in [-0.39, 0.29) is 28.1 Å². The Morgan fingerprint density at radius 1 is 1.26 bits per heavy atom. The van der Waals surface area contributed by atoms with Gasteiger partial charge in [0, 0.05) is 23.3 Å². The molecule has 0 spiro atoms. The minimum Gasteiger partial charge on any atom is -0.481 e. The number of nitrogens with zero attached hydrogens (tertiary/aromatic N) is 4. The Balaban J connectivity index is 1.69. The molecule has 0 fully saturated rings. The number of nitro benzene ring substituents is 1. The van der Waals surface area contributed by atoms with Crippen molar-refractivity contribution in [3.63, 3.8) is 0 Å². The lowest BCUT2D eigenvalue weighted by Crippen LogP contribution is -2.15. The van der Waals surface area contributed by atoms with Crippen LogP contribution in [0.2, 0.25) is 15.1 Å². The molecule has 0 aliphatic heterocycles. The molecule has 2 aromatic carbocycles. The van der Waals surface area contributed by atoms with Crippen LogP contribution in [0.5, 0.6) is 5.75 Å². The summed E-state index contributed by atoms with van der Waals surface area (Å²) in [6.45, 7) is 5.94. The van der Waals surface area contributed by atoms with Gasteiger partial charge >= 0.3 is 0 Å². The lowest BCUT2D eigenvalue weighted by Gasteiger charge is -2.16. The molecule has 1 unspecified atom stereocenters. The molecule has 0 aliphatic carbocycles. The van der Waals surface area contributed by atoms with Gasteiger partial charge in [0.15, 0.2) is 17.1 Å². The molecule has 9 nitrogen and oxygen atoms in total. The second-order valence-electron chi connectivity index (χ2n) is 6.84. The van der Waals surface area contributed by atoms with E-state index in [1.807, 2.05) is 0 Å². The lowest BCUT2D eigenvalue weighted by molar-refractivity contribution is -0.384. The Bertz CT molecular complexity index is 1240. The third-order valence-corrected chi connectivity index (χ3v) is 6.19. The first-order chi connectivity index (χ1) is 16.2. The number of amides is 1. The first-order valence-electron chi connectivity index (χ1n) is 9.72. The summed E-state index contributed by atoms with van der Waals surface area (Å²) in [7, 11) is 0. The number of halogens is 3. The van der Waals surface area contributed by atoms with Crippen molar-refractivity contribution in [2.45, 2.75) is 24.7 Å². The van der Waals surface area contributed by atoms with E-state index >= 15 is 0 Å². The van der Waals surface area contributed by atoms with Gasteiger partial charge in [0.25, 0.3) is 5.69 Å². The molecule has 1 atom stereocenters. The van der Waals surface area contributed by atoms with E-state index in [0.29, 0.717) is 33.3 Å². The number of ether oxygens (including phenoxy) is 1. The Labute approximate surface area is 214 Å². The predicted octanol–water partition coefficient (Wildman–Crippen LogP) is 6.20. The molecular formula is C21H18Cl3N5O4S. The second-order valence-corrected chi connectivity index (χ2v) is 9.03. The summed E-state index contributed by atoms with van der Waals surface area (Å²) in [5.41, 5.74) is -0.0333. The van der Waals surface area contributed by atoms with Crippen molar-refractivity contribution >= 4 is 63.8 Å². The van der Waals surface area contributed by atoms with Crippen LogP contribution in [0.1, 0.15) is 18.9 Å². The van der Waals surface area contributed by atoms with Crippen LogP contribution < -0.4 is 10.1 Å². The number of hydrogen-bond donors (Lipinski definition) is 1. The average Bonchev–Trinajstić information content (AvgIpc) is 3.18. The average molecular weight is 543 g/mol. The van der Waals surface area contributed by atoms with Gasteiger partial charge in [0.05, 0.1) is 15.7 Å². The van der Waals surface area contributed by atoms with Crippen LogP contribution in [-0.2, 0) is 11.3 Å². The highest BCUT2D eigenvalue weighted by Gasteiger charge is 2.21. The summed E-state index contributed by atoms with van der Waals surface area (Å²) in [4.78, 5) is 22.8. The molecule has 178 valence electrons. The highest BCUT2D eigenvalue weighted by molar-refractivity contribution is 7.99. The largest absolute Gasteiger partial charge is 0.481 e. The molecule has 34 heavy (non-hydrogen) atoms. The van der Waals surface area contributed by atoms with Crippen molar-refractivity contribution in [3.05, 3.63) is 80.1 Å². The van der Waals surface area contributed by atoms with Gasteiger partial charge in [-0.2, -0.15) is 0 Å². The number of anilines is 1. The van der Waals surface area contributed by atoms with Crippen molar-refractivity contribution < 1.29 is 14.5 Å². The maximum atomic E-state index is 12.4. The van der Waals surface area contributed by atoms with Crippen LogP contribution in [-0.4, -0.2) is 31.3 Å². The fourth-order valence-corrected chi connectivity index (χ4v) is 4.27. The molecular weight excluding hydrogens is 525 g/mol. The summed E-state index contributed by atoms with van der Waals surface area (Å²) in [6.07, 6.45) is 1.16. The molecule has 3 aromatic rings. The number of aromatic nitrogens is 3. The Kier molecular flexibility index (Phi) is 8.78. The van der Waals surface area contributed by atoms with Crippen LogP contribution in [0.4, 0.5) is 11.4 Å². The molecule has 0 bridgehead atoms. The highest BCUT2D eigenvalue weighted by atomic mass is 35.5. The maximum absolute atomic E-state index is 12.4. The summed E-state index contributed by atoms with van der Waals surface area (Å²) in [6, 6.07) is 8.94. The van der Waals surface area contributed by atoms with Crippen molar-refractivity contribution in [2.75, 3.05) is 11.1 Å². The van der Waals surface area contributed by atoms with Crippen molar-refractivity contribution in [2.24, 2.45) is 0 Å². The predicted molar refractivity (Wildman–Crippen MR) is 133 cm³/mol. The molecule has 13 heteroatoms. The molecule has 0 aliphatic rings. The molecule has 1 N–H and O–H groups in total. The number of hydrogen-bond acceptors (Lipinski definition) is 7. The molecule has 0 saturated carbocycles. The minimum atomic E-state index is -0.619.